The summed E-state index contributed by atoms with van der Waals surface area (Å²) >= 11 is 0. The van der Waals surface area contributed by atoms with Crippen molar-refractivity contribution < 1.29 is 0 Å². The van der Waals surface area contributed by atoms with Crippen molar-refractivity contribution >= 4 is 21.8 Å². The molecule has 3 aromatic rings. The van der Waals surface area contributed by atoms with Crippen molar-refractivity contribution in [3.63, 3.8) is 0 Å². The third kappa shape index (κ3) is 2.81. The highest BCUT2D eigenvalue weighted by Gasteiger charge is 2.09. The number of aromatic nitrogens is 1. The van der Waals surface area contributed by atoms with Gasteiger partial charge in [-0.1, -0.05) is 43.3 Å². The molecule has 0 amide bonds. The van der Waals surface area contributed by atoms with Crippen LogP contribution in [-0.2, 0) is 6.54 Å². The van der Waals surface area contributed by atoms with Gasteiger partial charge in [0.05, 0.1) is 0 Å². The van der Waals surface area contributed by atoms with Gasteiger partial charge >= 0.3 is 0 Å². The first kappa shape index (κ1) is 14.2. The van der Waals surface area contributed by atoms with Gasteiger partial charge in [-0.3, -0.25) is 0 Å². The van der Waals surface area contributed by atoms with Gasteiger partial charge in [-0.2, -0.15) is 0 Å². The maximum Gasteiger partial charge on any atom is 0.0491 e. The molecule has 0 fully saturated rings. The van der Waals surface area contributed by atoms with Gasteiger partial charge in [0.1, 0.15) is 0 Å². The highest BCUT2D eigenvalue weighted by Crippen LogP contribution is 2.28. The molecule has 2 nitrogen and oxygen atoms in total. The molecule has 1 aromatic heterocycles. The van der Waals surface area contributed by atoms with Gasteiger partial charge in [-0.25, -0.2) is 0 Å². The highest BCUT2D eigenvalue weighted by molar-refractivity contribution is 6.07. The van der Waals surface area contributed by atoms with Crippen molar-refractivity contribution in [3.05, 3.63) is 48.5 Å². The number of benzene rings is 2. The zero-order valence-electron chi connectivity index (χ0n) is 13.0. The molecule has 0 aliphatic heterocycles. The summed E-state index contributed by atoms with van der Waals surface area (Å²) in [6.07, 6.45) is 2.42. The summed E-state index contributed by atoms with van der Waals surface area (Å²) in [6, 6.07) is 18.1. The molecule has 1 atom stereocenters. The fraction of sp³-hybridized carbons (Fsp3) is 0.368. The average Bonchev–Trinajstić information content (AvgIpc) is 2.83. The third-order valence-electron chi connectivity index (χ3n) is 4.25. The smallest absolute Gasteiger partial charge is 0.0491 e. The summed E-state index contributed by atoms with van der Waals surface area (Å²) < 4.78 is 2.48. The Morgan fingerprint density at radius 1 is 0.952 bits per heavy atom. The predicted molar refractivity (Wildman–Crippen MR) is 91.8 cm³/mol. The fourth-order valence-corrected chi connectivity index (χ4v) is 3.25. The van der Waals surface area contributed by atoms with Crippen LogP contribution in [0, 0.1) is 0 Å². The van der Waals surface area contributed by atoms with E-state index in [-0.39, 0.29) is 0 Å². The van der Waals surface area contributed by atoms with Crippen LogP contribution in [0.1, 0.15) is 26.7 Å². The Kier molecular flexibility index (Phi) is 4.26. The van der Waals surface area contributed by atoms with Crippen molar-refractivity contribution in [2.75, 3.05) is 6.54 Å². The molecule has 110 valence electrons. The molecule has 1 unspecified atom stereocenters. The summed E-state index contributed by atoms with van der Waals surface area (Å²) in [4.78, 5) is 0. The minimum atomic E-state index is 0.600. The molecule has 21 heavy (non-hydrogen) atoms. The maximum atomic E-state index is 3.49. The van der Waals surface area contributed by atoms with Gasteiger partial charge in [0.15, 0.2) is 0 Å². The van der Waals surface area contributed by atoms with Crippen LogP contribution >= 0.6 is 0 Å². The first-order chi connectivity index (χ1) is 10.3. The highest BCUT2D eigenvalue weighted by atomic mass is 15.0. The zero-order valence-corrected chi connectivity index (χ0v) is 13.0. The number of rotatable bonds is 6. The second kappa shape index (κ2) is 6.31. The number of nitrogens with zero attached hydrogens (tertiary/aromatic N) is 1. The molecule has 0 aliphatic rings. The predicted octanol–water partition coefficient (Wildman–Crippen LogP) is 4.57. The van der Waals surface area contributed by atoms with E-state index in [4.69, 9.17) is 0 Å². The van der Waals surface area contributed by atoms with Crippen LogP contribution in [0.4, 0.5) is 0 Å². The Morgan fingerprint density at radius 2 is 1.52 bits per heavy atom. The molecular weight excluding hydrogens is 256 g/mol. The van der Waals surface area contributed by atoms with Gasteiger partial charge in [0.25, 0.3) is 0 Å². The second-order valence-electron chi connectivity index (χ2n) is 5.79. The fourth-order valence-electron chi connectivity index (χ4n) is 3.25. The Morgan fingerprint density at radius 3 is 2.10 bits per heavy atom. The van der Waals surface area contributed by atoms with Crippen LogP contribution in [0.25, 0.3) is 21.8 Å². The molecule has 0 radical (unpaired) electrons. The summed E-state index contributed by atoms with van der Waals surface area (Å²) in [5.74, 6) is 0. The molecule has 0 saturated carbocycles. The molecule has 0 bridgehead atoms. The van der Waals surface area contributed by atoms with E-state index in [1.807, 2.05) is 0 Å². The Balaban J connectivity index is 1.89. The monoisotopic (exact) mass is 280 g/mol. The number of hydrogen-bond donors (Lipinski definition) is 1. The number of aryl methyl sites for hydroxylation is 1. The van der Waals surface area contributed by atoms with Crippen LogP contribution < -0.4 is 5.32 Å². The first-order valence-corrected chi connectivity index (χ1v) is 8.00. The SMILES string of the molecule is CCNC(C)CCCn1c2ccccc2c2ccccc21. The molecule has 0 aliphatic carbocycles. The Labute approximate surface area is 126 Å². The van der Waals surface area contributed by atoms with Gasteiger partial charge in [0, 0.05) is 34.4 Å². The first-order valence-electron chi connectivity index (χ1n) is 8.00. The van der Waals surface area contributed by atoms with Crippen molar-refractivity contribution in [1.82, 2.24) is 9.88 Å². The number of nitrogens with one attached hydrogen (secondary N) is 1. The largest absolute Gasteiger partial charge is 0.340 e. The molecule has 2 aromatic carbocycles. The molecule has 0 spiro atoms. The normalized spacial score (nSPS) is 13.0. The van der Waals surface area contributed by atoms with Crippen LogP contribution in [0.5, 0.6) is 0 Å². The average molecular weight is 280 g/mol. The van der Waals surface area contributed by atoms with Crippen LogP contribution in [-0.4, -0.2) is 17.2 Å². The van der Waals surface area contributed by atoms with Crippen molar-refractivity contribution in [2.24, 2.45) is 0 Å². The maximum absolute atomic E-state index is 3.49. The number of fused-ring (bicyclic) bond motifs is 3. The van der Waals surface area contributed by atoms with E-state index < -0.39 is 0 Å². The quantitative estimate of drug-likeness (QED) is 0.699. The van der Waals surface area contributed by atoms with Crippen molar-refractivity contribution in [1.29, 1.82) is 0 Å². The van der Waals surface area contributed by atoms with Gasteiger partial charge in [-0.05, 0) is 38.4 Å². The lowest BCUT2D eigenvalue weighted by Crippen LogP contribution is -2.25. The van der Waals surface area contributed by atoms with E-state index in [2.05, 4.69) is 72.3 Å². The topological polar surface area (TPSA) is 17.0 Å². The number of hydrogen-bond acceptors (Lipinski definition) is 1. The molecule has 0 saturated heterocycles. The van der Waals surface area contributed by atoms with E-state index in [9.17, 15) is 0 Å². The van der Waals surface area contributed by atoms with E-state index in [1.54, 1.807) is 0 Å². The summed E-state index contributed by atoms with van der Waals surface area (Å²) in [5.41, 5.74) is 2.71. The Hall–Kier alpha value is -1.80. The lowest BCUT2D eigenvalue weighted by Gasteiger charge is -2.13. The summed E-state index contributed by atoms with van der Waals surface area (Å²) in [5, 5.41) is 6.23. The second-order valence-corrected chi connectivity index (χ2v) is 5.79. The van der Waals surface area contributed by atoms with E-state index in [0.29, 0.717) is 6.04 Å². The lowest BCUT2D eigenvalue weighted by molar-refractivity contribution is 0.492. The number of para-hydroxylation sites is 2. The van der Waals surface area contributed by atoms with Crippen LogP contribution in [0.2, 0.25) is 0 Å². The zero-order chi connectivity index (χ0) is 14.7. The molecule has 3 rings (SSSR count). The lowest BCUT2D eigenvalue weighted by atomic mass is 10.2. The minimum absolute atomic E-state index is 0.600. The van der Waals surface area contributed by atoms with Gasteiger partial charge < -0.3 is 9.88 Å². The van der Waals surface area contributed by atoms with Crippen molar-refractivity contribution in [3.8, 4) is 0 Å². The van der Waals surface area contributed by atoms with Gasteiger partial charge in [-0.15, -0.1) is 0 Å². The van der Waals surface area contributed by atoms with Crippen molar-refractivity contribution in [2.45, 2.75) is 39.3 Å². The summed E-state index contributed by atoms with van der Waals surface area (Å²) in [6.45, 7) is 6.58. The van der Waals surface area contributed by atoms with Crippen LogP contribution in [0.3, 0.4) is 0 Å². The van der Waals surface area contributed by atoms with E-state index in [1.165, 1.54) is 34.6 Å². The van der Waals surface area contributed by atoms with Gasteiger partial charge in [0.2, 0.25) is 0 Å². The van der Waals surface area contributed by atoms with E-state index >= 15 is 0 Å². The molecule has 2 heteroatoms. The van der Waals surface area contributed by atoms with Crippen LogP contribution in [0.15, 0.2) is 48.5 Å². The molecule has 1 N–H and O–H groups in total. The minimum Gasteiger partial charge on any atom is -0.340 e. The molecular formula is C19H24N2. The third-order valence-corrected chi connectivity index (χ3v) is 4.25. The summed E-state index contributed by atoms with van der Waals surface area (Å²) in [7, 11) is 0. The Bertz CT molecular complexity index is 673. The molecule has 1 heterocycles. The van der Waals surface area contributed by atoms with E-state index in [0.717, 1.165) is 13.1 Å². The standard InChI is InChI=1S/C19H24N2/c1-3-20-15(2)9-8-14-21-18-12-6-4-10-16(18)17-11-5-7-13-19(17)21/h4-7,10-13,15,20H,3,8-9,14H2,1-2H3.